The summed E-state index contributed by atoms with van der Waals surface area (Å²) < 4.78 is 26.3. The van der Waals surface area contributed by atoms with Crippen molar-refractivity contribution in [3.8, 4) is 5.75 Å². The van der Waals surface area contributed by atoms with Crippen LogP contribution in [-0.2, 0) is 21.1 Å². The number of sulfone groups is 1. The number of phenols is 1. The first kappa shape index (κ1) is 32.0. The van der Waals surface area contributed by atoms with E-state index in [0.717, 1.165) is 24.8 Å². The number of nitrogen functional groups attached to an aromatic ring is 1. The van der Waals surface area contributed by atoms with Gasteiger partial charge in [-0.3, -0.25) is 4.79 Å². The van der Waals surface area contributed by atoms with Crippen molar-refractivity contribution in [1.82, 2.24) is 0 Å². The molecule has 1 amide bonds. The highest BCUT2D eigenvalue weighted by Gasteiger charge is 2.30. The Labute approximate surface area is 234 Å². The number of rotatable bonds is 18. The predicted octanol–water partition coefficient (Wildman–Crippen LogP) is 8.06. The van der Waals surface area contributed by atoms with Crippen LogP contribution in [0.4, 0.5) is 11.4 Å². The Balaban J connectivity index is 1.76. The molecule has 1 atom stereocenters. The van der Waals surface area contributed by atoms with Gasteiger partial charge in [-0.2, -0.15) is 0 Å². The average Bonchev–Trinajstić information content (AvgIpc) is 2.89. The predicted molar refractivity (Wildman–Crippen MR) is 159 cm³/mol. The fraction of sp³-hybridized carbons (Fsp3) is 0.567. The van der Waals surface area contributed by atoms with E-state index in [1.54, 1.807) is 12.1 Å². The normalized spacial score (nSPS) is 12.4. The summed E-state index contributed by atoms with van der Waals surface area (Å²) >= 11 is 6.07. The molecule has 2 rings (SSSR count). The van der Waals surface area contributed by atoms with Gasteiger partial charge < -0.3 is 16.2 Å². The van der Waals surface area contributed by atoms with Crippen molar-refractivity contribution in [2.75, 3.05) is 11.1 Å². The summed E-state index contributed by atoms with van der Waals surface area (Å²) in [4.78, 5) is 12.8. The molecule has 2 aromatic rings. The molecule has 0 aliphatic rings. The molecular weight excluding hydrogens is 520 g/mol. The van der Waals surface area contributed by atoms with Crippen LogP contribution in [0.3, 0.4) is 0 Å². The number of hydrogen-bond donors (Lipinski definition) is 3. The lowest BCUT2D eigenvalue weighted by Crippen LogP contribution is -2.32. The van der Waals surface area contributed by atoms with Gasteiger partial charge in [-0.25, -0.2) is 8.42 Å². The molecule has 1 unspecified atom stereocenters. The van der Waals surface area contributed by atoms with Gasteiger partial charge in [0, 0.05) is 6.07 Å². The second kappa shape index (κ2) is 16.7. The number of aromatic hydroxyl groups is 1. The van der Waals surface area contributed by atoms with Gasteiger partial charge in [-0.1, -0.05) is 108 Å². The first-order valence-electron chi connectivity index (χ1n) is 14.1. The molecule has 8 heteroatoms. The van der Waals surface area contributed by atoms with Gasteiger partial charge in [-0.15, -0.1) is 0 Å². The molecule has 2 aromatic carbocycles. The minimum Gasteiger partial charge on any atom is -0.506 e. The van der Waals surface area contributed by atoms with Crippen LogP contribution in [0.15, 0.2) is 41.3 Å². The van der Waals surface area contributed by atoms with Gasteiger partial charge in [0.2, 0.25) is 5.91 Å². The molecule has 0 saturated heterocycles. The van der Waals surface area contributed by atoms with Crippen LogP contribution in [0.2, 0.25) is 5.02 Å². The Morgan fingerprint density at radius 2 is 1.47 bits per heavy atom. The summed E-state index contributed by atoms with van der Waals surface area (Å²) in [7, 11) is -3.91. The Bertz CT molecular complexity index is 1120. The second-order valence-electron chi connectivity index (χ2n) is 10.2. The van der Waals surface area contributed by atoms with E-state index in [9.17, 15) is 18.3 Å². The maximum absolute atomic E-state index is 13.1. The highest BCUT2D eigenvalue weighted by atomic mass is 35.5. The van der Waals surface area contributed by atoms with Gasteiger partial charge >= 0.3 is 0 Å². The van der Waals surface area contributed by atoms with E-state index in [4.69, 9.17) is 17.3 Å². The highest BCUT2D eigenvalue weighted by molar-refractivity contribution is 7.92. The van der Waals surface area contributed by atoms with Crippen molar-refractivity contribution in [3.05, 3.63) is 47.0 Å². The van der Waals surface area contributed by atoms with Crippen LogP contribution in [0.25, 0.3) is 0 Å². The molecule has 0 saturated carbocycles. The molecule has 0 bridgehead atoms. The Hall–Kier alpha value is -2.25. The van der Waals surface area contributed by atoms with E-state index in [1.165, 1.54) is 95.8 Å². The summed E-state index contributed by atoms with van der Waals surface area (Å²) in [6.07, 6.45) is 17.5. The fourth-order valence-electron chi connectivity index (χ4n) is 4.48. The maximum atomic E-state index is 13.1. The molecule has 212 valence electrons. The minimum atomic E-state index is -3.91. The monoisotopic (exact) mass is 564 g/mol. The average molecular weight is 565 g/mol. The van der Waals surface area contributed by atoms with Crippen molar-refractivity contribution in [3.63, 3.8) is 0 Å². The molecule has 0 heterocycles. The zero-order valence-corrected chi connectivity index (χ0v) is 24.5. The molecule has 38 heavy (non-hydrogen) atoms. The molecule has 4 N–H and O–H groups in total. The number of nitrogens with one attached hydrogen (secondary N) is 1. The number of unbranched alkanes of at least 4 members (excludes halogenated alkanes) is 12. The van der Waals surface area contributed by atoms with Crippen LogP contribution >= 0.6 is 11.6 Å². The van der Waals surface area contributed by atoms with Crippen LogP contribution in [-0.4, -0.2) is 24.7 Å². The molecule has 6 nitrogen and oxygen atoms in total. The number of halogens is 1. The van der Waals surface area contributed by atoms with Gasteiger partial charge in [-0.05, 0) is 43.5 Å². The first-order chi connectivity index (χ1) is 18.2. The van der Waals surface area contributed by atoms with E-state index >= 15 is 0 Å². The third-order valence-corrected chi connectivity index (χ3v) is 9.37. The van der Waals surface area contributed by atoms with E-state index in [0.29, 0.717) is 0 Å². The van der Waals surface area contributed by atoms with Crippen molar-refractivity contribution in [2.24, 2.45) is 0 Å². The number of carbonyl (C=O) groups is 1. The van der Waals surface area contributed by atoms with E-state index in [-0.39, 0.29) is 27.0 Å². The Morgan fingerprint density at radius 3 is 2.05 bits per heavy atom. The van der Waals surface area contributed by atoms with Crippen molar-refractivity contribution < 1.29 is 18.3 Å². The first-order valence-corrected chi connectivity index (χ1v) is 16.0. The van der Waals surface area contributed by atoms with Crippen molar-refractivity contribution in [1.29, 1.82) is 0 Å². The zero-order chi connectivity index (χ0) is 28.0. The summed E-state index contributed by atoms with van der Waals surface area (Å²) in [5.74, 6) is -0.987. The third kappa shape index (κ3) is 10.5. The lowest BCUT2D eigenvalue weighted by molar-refractivity contribution is -0.115. The third-order valence-electron chi connectivity index (χ3n) is 7.00. The van der Waals surface area contributed by atoms with Gasteiger partial charge in [0.25, 0.3) is 0 Å². The van der Waals surface area contributed by atoms with Crippen molar-refractivity contribution >= 4 is 38.7 Å². The number of amides is 1. The SMILES string of the molecule is CCCCCCCCCCCCCCCc1cccc(S(=O)(=O)C(C)C(=O)Nc2cc(O)c(N)cc2Cl)c1. The smallest absolute Gasteiger partial charge is 0.242 e. The van der Waals surface area contributed by atoms with Gasteiger partial charge in [0.15, 0.2) is 9.84 Å². The molecular formula is C30H45ClN2O4S. The Kier molecular flexibility index (Phi) is 14.0. The number of hydrogen-bond acceptors (Lipinski definition) is 5. The fourth-order valence-corrected chi connectivity index (χ4v) is 6.03. The zero-order valence-electron chi connectivity index (χ0n) is 23.0. The Morgan fingerprint density at radius 1 is 0.921 bits per heavy atom. The molecule has 0 aliphatic heterocycles. The summed E-state index contributed by atoms with van der Waals surface area (Å²) in [5, 5.41) is 11.0. The van der Waals surface area contributed by atoms with Crippen LogP contribution in [0.5, 0.6) is 5.75 Å². The highest BCUT2D eigenvalue weighted by Crippen LogP contribution is 2.32. The number of carbonyl (C=O) groups excluding carboxylic acids is 1. The van der Waals surface area contributed by atoms with Crippen LogP contribution in [0.1, 0.15) is 103 Å². The lowest BCUT2D eigenvalue weighted by Gasteiger charge is -2.15. The maximum Gasteiger partial charge on any atom is 0.242 e. The molecule has 0 aliphatic carbocycles. The summed E-state index contributed by atoms with van der Waals surface area (Å²) in [5.41, 5.74) is 6.71. The van der Waals surface area contributed by atoms with Crippen molar-refractivity contribution in [2.45, 2.75) is 114 Å². The molecule has 0 radical (unpaired) electrons. The number of benzene rings is 2. The lowest BCUT2D eigenvalue weighted by atomic mass is 10.0. The minimum absolute atomic E-state index is 0.0639. The molecule has 0 aromatic heterocycles. The van der Waals surface area contributed by atoms with Crippen LogP contribution < -0.4 is 11.1 Å². The number of phenolic OH excluding ortho intramolecular Hbond substituents is 1. The van der Waals surface area contributed by atoms with Gasteiger partial charge in [0.05, 0.1) is 21.3 Å². The standard InChI is InChI=1S/C30H45ClN2O4S/c1-3-4-5-6-7-8-9-10-11-12-13-14-15-17-24-18-16-19-25(20-24)38(36,37)23(2)30(35)33-28-22-29(34)27(32)21-26(28)31/h16,18-23,34H,3-15,17,32H2,1-2H3,(H,33,35). The largest absolute Gasteiger partial charge is 0.506 e. The van der Waals surface area contributed by atoms with Gasteiger partial charge in [0.1, 0.15) is 11.0 Å². The number of nitrogens with two attached hydrogens (primary N) is 1. The van der Waals surface area contributed by atoms with Crippen LogP contribution in [0, 0.1) is 0 Å². The second-order valence-corrected chi connectivity index (χ2v) is 12.9. The number of aryl methyl sites for hydroxylation is 1. The summed E-state index contributed by atoms with van der Waals surface area (Å²) in [6.45, 7) is 3.59. The number of anilines is 2. The van der Waals surface area contributed by atoms with E-state index < -0.39 is 21.0 Å². The van der Waals surface area contributed by atoms with E-state index in [2.05, 4.69) is 12.2 Å². The topological polar surface area (TPSA) is 109 Å². The summed E-state index contributed by atoms with van der Waals surface area (Å²) in [6, 6.07) is 9.35. The molecule has 0 fully saturated rings. The van der Waals surface area contributed by atoms with E-state index in [1.807, 2.05) is 6.07 Å². The quantitative estimate of drug-likeness (QED) is 0.0963. The molecule has 0 spiro atoms.